The first-order valence-electron chi connectivity index (χ1n) is 6.71. The fourth-order valence-electron chi connectivity index (χ4n) is 2.40. The highest BCUT2D eigenvalue weighted by Gasteiger charge is 2.03. The molecule has 3 rings (SSSR count). The maximum Gasteiger partial charge on any atom is 0.0640 e. The summed E-state index contributed by atoms with van der Waals surface area (Å²) < 4.78 is 0. The number of hydrogen-bond donors (Lipinski definition) is 1. The van der Waals surface area contributed by atoms with Gasteiger partial charge in [-0.2, -0.15) is 0 Å². The summed E-state index contributed by atoms with van der Waals surface area (Å²) in [4.78, 5) is 0. The Morgan fingerprint density at radius 1 is 0.950 bits per heavy atom. The van der Waals surface area contributed by atoms with E-state index in [2.05, 4.69) is 53.8 Å². The summed E-state index contributed by atoms with van der Waals surface area (Å²) in [6, 6.07) is 20.9. The van der Waals surface area contributed by atoms with Gasteiger partial charge in [0.05, 0.1) is 10.7 Å². The summed E-state index contributed by atoms with van der Waals surface area (Å²) in [5.74, 6) is 0. The molecular weight excluding hydrogens is 266 g/mol. The predicted molar refractivity (Wildman–Crippen MR) is 87.5 cm³/mol. The number of rotatable bonds is 3. The third-order valence-electron chi connectivity index (χ3n) is 3.47. The van der Waals surface area contributed by atoms with Crippen molar-refractivity contribution in [2.45, 2.75) is 13.5 Å². The van der Waals surface area contributed by atoms with Gasteiger partial charge in [-0.15, -0.1) is 0 Å². The Morgan fingerprint density at radius 3 is 2.60 bits per heavy atom. The molecule has 0 aromatic heterocycles. The molecule has 0 saturated carbocycles. The van der Waals surface area contributed by atoms with Crippen LogP contribution in [-0.4, -0.2) is 0 Å². The van der Waals surface area contributed by atoms with Crippen molar-refractivity contribution in [2.75, 3.05) is 5.32 Å². The average Bonchev–Trinajstić information content (AvgIpc) is 2.46. The number of nitrogens with one attached hydrogen (secondary N) is 1. The molecule has 0 amide bonds. The summed E-state index contributed by atoms with van der Waals surface area (Å²) in [5, 5.41) is 6.73. The lowest BCUT2D eigenvalue weighted by atomic mass is 10.0. The smallest absolute Gasteiger partial charge is 0.0640 e. The summed E-state index contributed by atoms with van der Waals surface area (Å²) in [6.07, 6.45) is 0. The normalized spacial score (nSPS) is 10.7. The highest BCUT2D eigenvalue weighted by Crippen LogP contribution is 2.25. The summed E-state index contributed by atoms with van der Waals surface area (Å²) in [6.45, 7) is 2.81. The van der Waals surface area contributed by atoms with E-state index in [9.17, 15) is 0 Å². The van der Waals surface area contributed by atoms with Crippen molar-refractivity contribution in [2.24, 2.45) is 0 Å². The first kappa shape index (κ1) is 13.0. The molecule has 0 saturated heterocycles. The number of aryl methyl sites for hydroxylation is 1. The van der Waals surface area contributed by atoms with Crippen LogP contribution in [0.5, 0.6) is 0 Å². The van der Waals surface area contributed by atoms with Crippen LogP contribution >= 0.6 is 11.6 Å². The van der Waals surface area contributed by atoms with Gasteiger partial charge in [0.1, 0.15) is 0 Å². The van der Waals surface area contributed by atoms with Crippen molar-refractivity contribution in [3.63, 3.8) is 0 Å². The third-order valence-corrected chi connectivity index (χ3v) is 3.79. The van der Waals surface area contributed by atoms with E-state index in [0.29, 0.717) is 0 Å². The van der Waals surface area contributed by atoms with E-state index in [1.54, 1.807) is 0 Å². The molecule has 0 aliphatic heterocycles. The molecule has 1 N–H and O–H groups in total. The number of halogens is 1. The van der Waals surface area contributed by atoms with Crippen LogP contribution in [0.15, 0.2) is 60.7 Å². The lowest BCUT2D eigenvalue weighted by Crippen LogP contribution is -2.00. The molecule has 0 atom stereocenters. The van der Waals surface area contributed by atoms with E-state index < -0.39 is 0 Å². The quantitative estimate of drug-likeness (QED) is 0.676. The van der Waals surface area contributed by atoms with Crippen LogP contribution in [0.2, 0.25) is 5.02 Å². The molecule has 0 radical (unpaired) electrons. The molecule has 0 heterocycles. The van der Waals surface area contributed by atoms with Crippen molar-refractivity contribution in [3.8, 4) is 0 Å². The lowest BCUT2D eigenvalue weighted by Gasteiger charge is -2.11. The minimum absolute atomic E-state index is 0.768. The number of hydrogen-bond acceptors (Lipinski definition) is 1. The Kier molecular flexibility index (Phi) is 3.62. The molecule has 0 spiro atoms. The van der Waals surface area contributed by atoms with Gasteiger partial charge in [-0.05, 0) is 41.0 Å². The lowest BCUT2D eigenvalue weighted by molar-refractivity contribution is 1.17. The molecule has 0 bridgehead atoms. The van der Waals surface area contributed by atoms with Gasteiger partial charge < -0.3 is 5.32 Å². The van der Waals surface area contributed by atoms with Gasteiger partial charge in [-0.25, -0.2) is 0 Å². The first-order valence-corrected chi connectivity index (χ1v) is 7.08. The summed E-state index contributed by atoms with van der Waals surface area (Å²) in [7, 11) is 0. The summed E-state index contributed by atoms with van der Waals surface area (Å²) in [5.41, 5.74) is 3.43. The van der Waals surface area contributed by atoms with Gasteiger partial charge in [0.15, 0.2) is 0 Å². The zero-order valence-corrected chi connectivity index (χ0v) is 12.1. The highest BCUT2D eigenvalue weighted by atomic mass is 35.5. The van der Waals surface area contributed by atoms with Gasteiger partial charge in [0, 0.05) is 6.54 Å². The van der Waals surface area contributed by atoms with E-state index in [1.807, 2.05) is 19.1 Å². The second kappa shape index (κ2) is 5.56. The van der Waals surface area contributed by atoms with Gasteiger partial charge in [0.2, 0.25) is 0 Å². The number of fused-ring (bicyclic) bond motifs is 1. The molecule has 0 fully saturated rings. The molecule has 1 nitrogen and oxygen atoms in total. The Bertz CT molecular complexity index is 744. The predicted octanol–water partition coefficient (Wildman–Crippen LogP) is 5.41. The fourth-order valence-corrected chi connectivity index (χ4v) is 2.70. The molecule has 0 unspecified atom stereocenters. The minimum atomic E-state index is 0.768. The van der Waals surface area contributed by atoms with Crippen molar-refractivity contribution in [3.05, 3.63) is 76.8 Å². The monoisotopic (exact) mass is 281 g/mol. The zero-order valence-electron chi connectivity index (χ0n) is 11.4. The van der Waals surface area contributed by atoms with E-state index in [4.69, 9.17) is 11.6 Å². The maximum absolute atomic E-state index is 6.25. The molecule has 20 heavy (non-hydrogen) atoms. The minimum Gasteiger partial charge on any atom is -0.380 e. The van der Waals surface area contributed by atoms with Crippen LogP contribution in [0.3, 0.4) is 0 Å². The molecule has 0 aliphatic rings. The van der Waals surface area contributed by atoms with Crippen LogP contribution in [0.4, 0.5) is 5.69 Å². The van der Waals surface area contributed by atoms with Crippen molar-refractivity contribution in [1.82, 2.24) is 0 Å². The molecular formula is C18H16ClN. The van der Waals surface area contributed by atoms with Crippen molar-refractivity contribution < 1.29 is 0 Å². The van der Waals surface area contributed by atoms with E-state index in [1.165, 1.54) is 21.9 Å². The fraction of sp³-hybridized carbons (Fsp3) is 0.111. The molecule has 2 heteroatoms. The summed E-state index contributed by atoms with van der Waals surface area (Å²) >= 11 is 6.25. The van der Waals surface area contributed by atoms with Crippen LogP contribution in [0, 0.1) is 6.92 Å². The SMILES string of the molecule is Cc1ccc(NCc2cccc3ccccc23)c(Cl)c1. The third kappa shape index (κ3) is 2.63. The molecule has 3 aromatic carbocycles. The molecule has 0 aliphatic carbocycles. The maximum atomic E-state index is 6.25. The second-order valence-electron chi connectivity index (χ2n) is 4.98. The largest absolute Gasteiger partial charge is 0.380 e. The Hall–Kier alpha value is -1.99. The number of benzene rings is 3. The average molecular weight is 282 g/mol. The van der Waals surface area contributed by atoms with Gasteiger partial charge in [-0.1, -0.05) is 60.1 Å². The van der Waals surface area contributed by atoms with Crippen molar-refractivity contribution in [1.29, 1.82) is 0 Å². The van der Waals surface area contributed by atoms with Gasteiger partial charge >= 0.3 is 0 Å². The second-order valence-corrected chi connectivity index (χ2v) is 5.38. The van der Waals surface area contributed by atoms with Crippen molar-refractivity contribution >= 4 is 28.1 Å². The standard InChI is InChI=1S/C18H16ClN/c1-13-9-10-18(17(19)11-13)20-12-15-7-4-6-14-5-2-3-8-16(14)15/h2-11,20H,12H2,1H3. The van der Waals surface area contributed by atoms with E-state index in [-0.39, 0.29) is 0 Å². The molecule has 3 aromatic rings. The van der Waals surface area contributed by atoms with Gasteiger partial charge in [0.25, 0.3) is 0 Å². The van der Waals surface area contributed by atoms with E-state index in [0.717, 1.165) is 17.3 Å². The Morgan fingerprint density at radius 2 is 1.75 bits per heavy atom. The Labute approximate surface area is 124 Å². The number of anilines is 1. The van der Waals surface area contributed by atoms with Crippen LogP contribution < -0.4 is 5.32 Å². The van der Waals surface area contributed by atoms with Crippen LogP contribution in [0.25, 0.3) is 10.8 Å². The first-order chi connectivity index (χ1) is 9.74. The van der Waals surface area contributed by atoms with Crippen LogP contribution in [0.1, 0.15) is 11.1 Å². The van der Waals surface area contributed by atoms with E-state index >= 15 is 0 Å². The topological polar surface area (TPSA) is 12.0 Å². The van der Waals surface area contributed by atoms with Crippen LogP contribution in [-0.2, 0) is 6.54 Å². The zero-order chi connectivity index (χ0) is 13.9. The molecule has 100 valence electrons. The Balaban J connectivity index is 1.87. The van der Waals surface area contributed by atoms with Gasteiger partial charge in [-0.3, -0.25) is 0 Å². The highest BCUT2D eigenvalue weighted by molar-refractivity contribution is 6.33.